The molecule has 6 heteroatoms. The van der Waals surface area contributed by atoms with Crippen LogP contribution in [0.2, 0.25) is 0 Å². The van der Waals surface area contributed by atoms with E-state index in [1.165, 1.54) is 6.26 Å². The number of unbranched alkanes of at least 4 members (excludes halogenated alkanes) is 1. The molecule has 2 rings (SSSR count). The number of nitrogens with zero attached hydrogens (tertiary/aromatic N) is 2. The second-order valence-electron chi connectivity index (χ2n) is 5.33. The summed E-state index contributed by atoms with van der Waals surface area (Å²) >= 11 is 0. The Balaban J connectivity index is 2.08. The molecule has 0 saturated carbocycles. The molecule has 0 aliphatic rings. The lowest BCUT2D eigenvalue weighted by atomic mass is 10.1. The predicted octanol–water partition coefficient (Wildman–Crippen LogP) is 2.86. The molecule has 122 valence electrons. The average molecular weight is 315 g/mol. The molecule has 2 amide bonds. The fraction of sp³-hybridized carbons (Fsp3) is 0.353. The van der Waals surface area contributed by atoms with Crippen molar-refractivity contribution in [1.29, 1.82) is 0 Å². The molecule has 0 saturated heterocycles. The molecule has 0 unspecified atom stereocenters. The van der Waals surface area contributed by atoms with Crippen LogP contribution >= 0.6 is 0 Å². The third-order valence-corrected chi connectivity index (χ3v) is 3.48. The van der Waals surface area contributed by atoms with Gasteiger partial charge in [-0.3, -0.25) is 9.59 Å². The van der Waals surface area contributed by atoms with Gasteiger partial charge in [-0.1, -0.05) is 36.7 Å². The summed E-state index contributed by atoms with van der Waals surface area (Å²) in [6.07, 6.45) is 3.17. The van der Waals surface area contributed by atoms with E-state index in [1.807, 2.05) is 32.0 Å². The predicted molar refractivity (Wildman–Crippen MR) is 87.1 cm³/mol. The highest BCUT2D eigenvalue weighted by Gasteiger charge is 2.20. The SMILES string of the molecule is CCCCN(CC(=O)Nc1ccon1)C(=O)c1ccccc1C. The van der Waals surface area contributed by atoms with Crippen molar-refractivity contribution in [3.63, 3.8) is 0 Å². The van der Waals surface area contributed by atoms with Gasteiger partial charge in [-0.25, -0.2) is 0 Å². The van der Waals surface area contributed by atoms with Crippen molar-refractivity contribution in [1.82, 2.24) is 10.1 Å². The van der Waals surface area contributed by atoms with Crippen LogP contribution in [-0.2, 0) is 4.79 Å². The normalized spacial score (nSPS) is 10.3. The van der Waals surface area contributed by atoms with Gasteiger partial charge in [0, 0.05) is 18.2 Å². The first kappa shape index (κ1) is 16.7. The summed E-state index contributed by atoms with van der Waals surface area (Å²) in [4.78, 5) is 26.4. The summed E-state index contributed by atoms with van der Waals surface area (Å²) in [5.41, 5.74) is 1.52. The van der Waals surface area contributed by atoms with E-state index in [9.17, 15) is 9.59 Å². The van der Waals surface area contributed by atoms with Crippen molar-refractivity contribution < 1.29 is 14.1 Å². The Labute approximate surface area is 135 Å². The third-order valence-electron chi connectivity index (χ3n) is 3.48. The highest BCUT2D eigenvalue weighted by molar-refractivity contribution is 5.99. The minimum Gasteiger partial charge on any atom is -0.363 e. The number of aryl methyl sites for hydroxylation is 1. The van der Waals surface area contributed by atoms with Gasteiger partial charge in [-0.15, -0.1) is 0 Å². The van der Waals surface area contributed by atoms with Crippen LogP contribution in [0.3, 0.4) is 0 Å². The third kappa shape index (κ3) is 4.67. The van der Waals surface area contributed by atoms with Crippen molar-refractivity contribution in [3.8, 4) is 0 Å². The Hall–Kier alpha value is -2.63. The quantitative estimate of drug-likeness (QED) is 0.852. The van der Waals surface area contributed by atoms with Crippen LogP contribution in [0.4, 0.5) is 5.82 Å². The number of rotatable bonds is 7. The summed E-state index contributed by atoms with van der Waals surface area (Å²) in [5, 5.41) is 6.24. The van der Waals surface area contributed by atoms with Gasteiger partial charge in [0.25, 0.3) is 5.91 Å². The van der Waals surface area contributed by atoms with E-state index in [0.29, 0.717) is 17.9 Å². The van der Waals surface area contributed by atoms with Gasteiger partial charge in [0.15, 0.2) is 5.82 Å². The second-order valence-corrected chi connectivity index (χ2v) is 5.33. The van der Waals surface area contributed by atoms with Crippen LogP contribution in [0, 0.1) is 6.92 Å². The zero-order chi connectivity index (χ0) is 16.7. The Morgan fingerprint density at radius 1 is 1.26 bits per heavy atom. The molecule has 6 nitrogen and oxygen atoms in total. The molecule has 0 bridgehead atoms. The summed E-state index contributed by atoms with van der Waals surface area (Å²) in [6.45, 7) is 4.46. The maximum atomic E-state index is 12.7. The molecular weight excluding hydrogens is 294 g/mol. The molecule has 0 aliphatic heterocycles. The van der Waals surface area contributed by atoms with Gasteiger partial charge < -0.3 is 14.7 Å². The Morgan fingerprint density at radius 2 is 2.04 bits per heavy atom. The number of aromatic nitrogens is 1. The lowest BCUT2D eigenvalue weighted by Gasteiger charge is -2.22. The van der Waals surface area contributed by atoms with E-state index >= 15 is 0 Å². The van der Waals surface area contributed by atoms with Crippen LogP contribution < -0.4 is 5.32 Å². The molecule has 1 aromatic heterocycles. The summed E-state index contributed by atoms with van der Waals surface area (Å²) in [6, 6.07) is 8.94. The molecule has 0 radical (unpaired) electrons. The molecule has 0 aliphatic carbocycles. The van der Waals surface area contributed by atoms with Crippen LogP contribution in [0.25, 0.3) is 0 Å². The van der Waals surface area contributed by atoms with Crippen LogP contribution in [-0.4, -0.2) is 35.0 Å². The maximum Gasteiger partial charge on any atom is 0.254 e. The van der Waals surface area contributed by atoms with Gasteiger partial charge in [-0.2, -0.15) is 0 Å². The first-order valence-corrected chi connectivity index (χ1v) is 7.67. The first-order valence-electron chi connectivity index (χ1n) is 7.67. The number of hydrogen-bond acceptors (Lipinski definition) is 4. The smallest absolute Gasteiger partial charge is 0.254 e. The fourth-order valence-electron chi connectivity index (χ4n) is 2.22. The van der Waals surface area contributed by atoms with Gasteiger partial charge >= 0.3 is 0 Å². The molecule has 0 atom stereocenters. The van der Waals surface area contributed by atoms with E-state index in [2.05, 4.69) is 15.0 Å². The zero-order valence-corrected chi connectivity index (χ0v) is 13.4. The van der Waals surface area contributed by atoms with E-state index in [0.717, 1.165) is 18.4 Å². The lowest BCUT2D eigenvalue weighted by molar-refractivity contribution is -0.117. The molecule has 1 heterocycles. The van der Waals surface area contributed by atoms with E-state index in [1.54, 1.807) is 17.0 Å². The molecule has 1 aromatic carbocycles. The molecule has 1 N–H and O–H groups in total. The first-order chi connectivity index (χ1) is 11.1. The Bertz CT molecular complexity index is 653. The Kier molecular flexibility index (Phi) is 5.91. The van der Waals surface area contributed by atoms with Gasteiger partial charge in [0.1, 0.15) is 12.8 Å². The average Bonchev–Trinajstić information content (AvgIpc) is 3.04. The standard InChI is InChI=1S/C17H21N3O3/c1-3-4-10-20(12-16(21)18-15-9-11-23-19-15)17(22)14-8-6-5-7-13(14)2/h5-9,11H,3-4,10,12H2,1-2H3,(H,18,19,21). The van der Waals surface area contributed by atoms with Crippen molar-refractivity contribution in [2.75, 3.05) is 18.4 Å². The van der Waals surface area contributed by atoms with Crippen LogP contribution in [0.15, 0.2) is 41.1 Å². The number of nitrogens with one attached hydrogen (secondary N) is 1. The second kappa shape index (κ2) is 8.12. The highest BCUT2D eigenvalue weighted by atomic mass is 16.5. The summed E-state index contributed by atoms with van der Waals surface area (Å²) in [5.74, 6) is -0.0856. The van der Waals surface area contributed by atoms with Crippen molar-refractivity contribution in [3.05, 3.63) is 47.7 Å². The molecule has 23 heavy (non-hydrogen) atoms. The lowest BCUT2D eigenvalue weighted by Crippen LogP contribution is -2.39. The number of benzene rings is 1. The number of carbonyl (C=O) groups is 2. The molecule has 0 spiro atoms. The summed E-state index contributed by atoms with van der Waals surface area (Å²) in [7, 11) is 0. The molecule has 2 aromatic rings. The summed E-state index contributed by atoms with van der Waals surface area (Å²) < 4.78 is 4.67. The minimum absolute atomic E-state index is 0.0139. The minimum atomic E-state index is -0.295. The monoisotopic (exact) mass is 315 g/mol. The van der Waals surface area contributed by atoms with Gasteiger partial charge in [-0.05, 0) is 25.0 Å². The maximum absolute atomic E-state index is 12.7. The van der Waals surface area contributed by atoms with Crippen molar-refractivity contribution in [2.45, 2.75) is 26.7 Å². The van der Waals surface area contributed by atoms with E-state index in [4.69, 9.17) is 0 Å². The fourth-order valence-corrected chi connectivity index (χ4v) is 2.22. The van der Waals surface area contributed by atoms with Crippen LogP contribution in [0.5, 0.6) is 0 Å². The van der Waals surface area contributed by atoms with Crippen LogP contribution in [0.1, 0.15) is 35.7 Å². The molecule has 0 fully saturated rings. The van der Waals surface area contributed by atoms with Gasteiger partial charge in [0.2, 0.25) is 5.91 Å². The number of carbonyl (C=O) groups excluding carboxylic acids is 2. The highest BCUT2D eigenvalue weighted by Crippen LogP contribution is 2.12. The molecular formula is C17H21N3O3. The topological polar surface area (TPSA) is 75.4 Å². The van der Waals surface area contributed by atoms with Gasteiger partial charge in [0.05, 0.1) is 0 Å². The number of anilines is 1. The largest absolute Gasteiger partial charge is 0.363 e. The van der Waals surface area contributed by atoms with Crippen molar-refractivity contribution >= 4 is 17.6 Å². The van der Waals surface area contributed by atoms with E-state index in [-0.39, 0.29) is 18.4 Å². The zero-order valence-electron chi connectivity index (χ0n) is 13.4. The number of amides is 2. The Morgan fingerprint density at radius 3 is 2.70 bits per heavy atom. The number of hydrogen-bond donors (Lipinski definition) is 1. The van der Waals surface area contributed by atoms with Crippen molar-refractivity contribution in [2.24, 2.45) is 0 Å². The van der Waals surface area contributed by atoms with E-state index < -0.39 is 0 Å².